The van der Waals surface area contributed by atoms with Gasteiger partial charge in [-0.25, -0.2) is 14.8 Å². The molecule has 0 atom stereocenters. The van der Waals surface area contributed by atoms with Crippen molar-refractivity contribution in [2.24, 2.45) is 0 Å². The van der Waals surface area contributed by atoms with Crippen molar-refractivity contribution in [3.63, 3.8) is 0 Å². The van der Waals surface area contributed by atoms with Crippen molar-refractivity contribution in [2.45, 2.75) is 0 Å². The molecular formula is C8H7FN2O2. The molecule has 0 aliphatic carbocycles. The van der Waals surface area contributed by atoms with Crippen LogP contribution in [0.3, 0.4) is 0 Å². The zero-order chi connectivity index (χ0) is 9.68. The zero-order valence-electron chi connectivity index (χ0n) is 6.90. The minimum absolute atomic E-state index is 0.482. The van der Waals surface area contributed by atoms with Crippen LogP contribution >= 0.6 is 0 Å². The summed E-state index contributed by atoms with van der Waals surface area (Å²) in [7, 11) is 1.27. The van der Waals surface area contributed by atoms with Crippen molar-refractivity contribution in [3.05, 3.63) is 30.1 Å². The van der Waals surface area contributed by atoms with Gasteiger partial charge in [0.15, 0.2) is 0 Å². The Hall–Kier alpha value is -1.78. The first-order chi connectivity index (χ1) is 6.22. The average Bonchev–Trinajstić information content (AvgIpc) is 2.16. The molecule has 0 bridgehead atoms. The van der Waals surface area contributed by atoms with Crippen LogP contribution in [-0.2, 0) is 9.53 Å². The topological polar surface area (TPSA) is 52.1 Å². The van der Waals surface area contributed by atoms with Crippen molar-refractivity contribution < 1.29 is 13.9 Å². The number of ether oxygens (including phenoxy) is 1. The number of methoxy groups -OCH3 is 1. The summed E-state index contributed by atoms with van der Waals surface area (Å²) in [5, 5.41) is 0. The highest BCUT2D eigenvalue weighted by atomic mass is 19.1. The van der Waals surface area contributed by atoms with E-state index in [2.05, 4.69) is 14.7 Å². The summed E-state index contributed by atoms with van der Waals surface area (Å²) in [5.41, 5.74) is 0.534. The van der Waals surface area contributed by atoms with E-state index in [1.165, 1.54) is 31.7 Å². The van der Waals surface area contributed by atoms with E-state index in [9.17, 15) is 9.18 Å². The van der Waals surface area contributed by atoms with Gasteiger partial charge >= 0.3 is 12.0 Å². The number of halogens is 1. The molecule has 4 nitrogen and oxygen atoms in total. The van der Waals surface area contributed by atoms with E-state index >= 15 is 0 Å². The predicted molar refractivity (Wildman–Crippen MR) is 43.0 cm³/mol. The molecule has 1 rings (SSSR count). The standard InChI is InChI=1S/C8H7FN2O2/c1-13-7(12)3-2-6-4-10-8(9)11-5-6/h2-5H,1H3. The molecule has 0 aromatic carbocycles. The Balaban J connectivity index is 2.69. The van der Waals surface area contributed by atoms with Crippen LogP contribution in [-0.4, -0.2) is 23.0 Å². The molecule has 0 saturated heterocycles. The molecule has 0 unspecified atom stereocenters. The first-order valence-electron chi connectivity index (χ1n) is 3.46. The van der Waals surface area contributed by atoms with E-state index in [4.69, 9.17) is 0 Å². The van der Waals surface area contributed by atoms with Gasteiger partial charge in [0.05, 0.1) is 7.11 Å². The van der Waals surface area contributed by atoms with E-state index in [0.717, 1.165) is 0 Å². The van der Waals surface area contributed by atoms with Crippen LogP contribution in [0.1, 0.15) is 5.56 Å². The van der Waals surface area contributed by atoms with Gasteiger partial charge in [-0.2, -0.15) is 4.39 Å². The fraction of sp³-hybridized carbons (Fsp3) is 0.125. The van der Waals surface area contributed by atoms with Gasteiger partial charge in [0.1, 0.15) is 0 Å². The van der Waals surface area contributed by atoms with Crippen molar-refractivity contribution in [3.8, 4) is 0 Å². The smallest absolute Gasteiger partial charge is 0.330 e. The molecule has 1 aromatic heterocycles. The van der Waals surface area contributed by atoms with Crippen molar-refractivity contribution in [1.82, 2.24) is 9.97 Å². The Bertz CT molecular complexity index is 321. The summed E-state index contributed by atoms with van der Waals surface area (Å²) in [6.45, 7) is 0. The van der Waals surface area contributed by atoms with E-state index < -0.39 is 12.0 Å². The Morgan fingerprint density at radius 2 is 2.15 bits per heavy atom. The minimum atomic E-state index is -0.796. The van der Waals surface area contributed by atoms with Gasteiger partial charge in [-0.1, -0.05) is 0 Å². The lowest BCUT2D eigenvalue weighted by Gasteiger charge is -1.91. The van der Waals surface area contributed by atoms with Crippen LogP contribution in [0.25, 0.3) is 6.08 Å². The molecule has 1 heterocycles. The lowest BCUT2D eigenvalue weighted by Crippen LogP contribution is -1.94. The molecular weight excluding hydrogens is 175 g/mol. The number of carbonyl (C=O) groups is 1. The number of aromatic nitrogens is 2. The van der Waals surface area contributed by atoms with Crippen LogP contribution in [0, 0.1) is 6.08 Å². The fourth-order valence-corrected chi connectivity index (χ4v) is 0.641. The largest absolute Gasteiger partial charge is 0.466 e. The second-order valence-corrected chi connectivity index (χ2v) is 2.14. The van der Waals surface area contributed by atoms with Gasteiger partial charge in [-0.05, 0) is 6.08 Å². The molecule has 68 valence electrons. The second-order valence-electron chi connectivity index (χ2n) is 2.14. The van der Waals surface area contributed by atoms with Crippen LogP contribution in [0.2, 0.25) is 0 Å². The molecule has 0 fully saturated rings. The number of esters is 1. The SMILES string of the molecule is COC(=O)C=Cc1cnc(F)nc1. The number of rotatable bonds is 2. The number of hydrogen-bond acceptors (Lipinski definition) is 4. The molecule has 0 aliphatic heterocycles. The zero-order valence-corrected chi connectivity index (χ0v) is 6.90. The Morgan fingerprint density at radius 1 is 1.54 bits per heavy atom. The molecule has 0 radical (unpaired) electrons. The maximum absolute atomic E-state index is 12.2. The minimum Gasteiger partial charge on any atom is -0.466 e. The van der Waals surface area contributed by atoms with Crippen LogP contribution in [0.15, 0.2) is 18.5 Å². The molecule has 5 heteroatoms. The van der Waals surface area contributed by atoms with E-state index in [1.54, 1.807) is 0 Å². The van der Waals surface area contributed by atoms with Crippen molar-refractivity contribution in [2.75, 3.05) is 7.11 Å². The maximum Gasteiger partial charge on any atom is 0.330 e. The summed E-state index contributed by atoms with van der Waals surface area (Å²) in [4.78, 5) is 17.2. The number of carbonyl (C=O) groups excluding carboxylic acids is 1. The van der Waals surface area contributed by atoms with Gasteiger partial charge in [-0.3, -0.25) is 0 Å². The second kappa shape index (κ2) is 4.30. The predicted octanol–water partition coefficient (Wildman–Crippen LogP) is 0.802. The Morgan fingerprint density at radius 3 is 2.69 bits per heavy atom. The summed E-state index contributed by atoms with van der Waals surface area (Å²) in [5.74, 6) is -0.482. The fourth-order valence-electron chi connectivity index (χ4n) is 0.641. The van der Waals surface area contributed by atoms with Gasteiger partial charge in [-0.15, -0.1) is 0 Å². The molecule has 0 spiro atoms. The first kappa shape index (κ1) is 9.31. The highest BCUT2D eigenvalue weighted by Crippen LogP contribution is 1.98. The van der Waals surface area contributed by atoms with E-state index in [-0.39, 0.29) is 0 Å². The number of nitrogens with zero attached hydrogens (tertiary/aromatic N) is 2. The van der Waals surface area contributed by atoms with Gasteiger partial charge in [0, 0.05) is 24.0 Å². The van der Waals surface area contributed by atoms with E-state index in [0.29, 0.717) is 5.56 Å². The maximum atomic E-state index is 12.2. The van der Waals surface area contributed by atoms with Crippen molar-refractivity contribution >= 4 is 12.0 Å². The number of hydrogen-bond donors (Lipinski definition) is 0. The van der Waals surface area contributed by atoms with E-state index in [1.807, 2.05) is 0 Å². The summed E-state index contributed by atoms with van der Waals surface area (Å²) >= 11 is 0. The Kier molecular flexibility index (Phi) is 3.08. The van der Waals surface area contributed by atoms with Gasteiger partial charge in [0.2, 0.25) is 0 Å². The van der Waals surface area contributed by atoms with Crippen LogP contribution < -0.4 is 0 Å². The average molecular weight is 182 g/mol. The molecule has 1 aromatic rings. The first-order valence-corrected chi connectivity index (χ1v) is 3.46. The van der Waals surface area contributed by atoms with Crippen LogP contribution in [0.4, 0.5) is 4.39 Å². The normalized spacial score (nSPS) is 10.3. The summed E-state index contributed by atoms with van der Waals surface area (Å²) in [6, 6.07) is 0. The molecule has 0 N–H and O–H groups in total. The third kappa shape index (κ3) is 2.98. The monoisotopic (exact) mass is 182 g/mol. The highest BCUT2D eigenvalue weighted by Gasteiger charge is 1.94. The quantitative estimate of drug-likeness (QED) is 0.385. The third-order valence-corrected chi connectivity index (χ3v) is 1.25. The molecule has 0 amide bonds. The Labute approximate surface area is 74.1 Å². The van der Waals surface area contributed by atoms with Crippen LogP contribution in [0.5, 0.6) is 0 Å². The highest BCUT2D eigenvalue weighted by molar-refractivity contribution is 5.86. The van der Waals surface area contributed by atoms with Crippen molar-refractivity contribution in [1.29, 1.82) is 0 Å². The molecule has 0 aliphatic rings. The summed E-state index contributed by atoms with van der Waals surface area (Å²) < 4.78 is 16.6. The lowest BCUT2D eigenvalue weighted by molar-refractivity contribution is -0.134. The van der Waals surface area contributed by atoms with Gasteiger partial charge in [0.25, 0.3) is 0 Å². The molecule has 0 saturated carbocycles. The van der Waals surface area contributed by atoms with Gasteiger partial charge < -0.3 is 4.74 Å². The summed E-state index contributed by atoms with van der Waals surface area (Å²) in [6.07, 6.45) is 4.38. The molecule has 13 heavy (non-hydrogen) atoms. The third-order valence-electron chi connectivity index (χ3n) is 1.25. The lowest BCUT2D eigenvalue weighted by atomic mass is 10.3.